The monoisotopic (exact) mass is 221 g/mol. The average Bonchev–Trinajstić information content (AvgIpc) is 2.29. The van der Waals surface area contributed by atoms with Crippen LogP contribution in [0.25, 0.3) is 0 Å². The molecule has 1 aliphatic heterocycles. The Morgan fingerprint density at radius 3 is 3.00 bits per heavy atom. The highest BCUT2D eigenvalue weighted by Crippen LogP contribution is 2.13. The molecule has 1 unspecified atom stereocenters. The zero-order valence-electron chi connectivity index (χ0n) is 8.97. The number of aromatic nitrogens is 1. The van der Waals surface area contributed by atoms with E-state index in [4.69, 9.17) is 5.73 Å². The lowest BCUT2D eigenvalue weighted by Gasteiger charge is -2.30. The van der Waals surface area contributed by atoms with Gasteiger partial charge in [0.1, 0.15) is 5.82 Å². The van der Waals surface area contributed by atoms with E-state index in [0.717, 1.165) is 12.8 Å². The Balaban J connectivity index is 2.09. The number of nitrogen functional groups attached to an aromatic ring is 1. The second-order valence-electron chi connectivity index (χ2n) is 4.02. The van der Waals surface area contributed by atoms with Gasteiger partial charge in [0, 0.05) is 19.3 Å². The van der Waals surface area contributed by atoms with E-state index in [1.165, 1.54) is 6.20 Å². The van der Waals surface area contributed by atoms with Crippen molar-refractivity contribution in [3.63, 3.8) is 0 Å². The van der Waals surface area contributed by atoms with E-state index < -0.39 is 6.10 Å². The summed E-state index contributed by atoms with van der Waals surface area (Å²) in [6, 6.07) is 3.26. The number of β-amino-alcohol motifs (C(OH)–C–C–N with tert-alkyl or cyclic N) is 1. The van der Waals surface area contributed by atoms with Crippen LogP contribution in [0.4, 0.5) is 5.82 Å². The summed E-state index contributed by atoms with van der Waals surface area (Å²) in [7, 11) is 0. The highest BCUT2D eigenvalue weighted by molar-refractivity contribution is 5.94. The van der Waals surface area contributed by atoms with Crippen molar-refractivity contribution >= 4 is 11.7 Å². The molecule has 5 heteroatoms. The zero-order chi connectivity index (χ0) is 11.5. The van der Waals surface area contributed by atoms with Crippen molar-refractivity contribution in [2.24, 2.45) is 0 Å². The summed E-state index contributed by atoms with van der Waals surface area (Å²) in [5, 5.41) is 9.49. The molecular weight excluding hydrogens is 206 g/mol. The van der Waals surface area contributed by atoms with E-state index in [0.29, 0.717) is 24.5 Å². The fraction of sp³-hybridized carbons (Fsp3) is 0.455. The van der Waals surface area contributed by atoms with Crippen molar-refractivity contribution < 1.29 is 9.90 Å². The number of pyridine rings is 1. The largest absolute Gasteiger partial charge is 0.391 e. The highest BCUT2D eigenvalue weighted by atomic mass is 16.3. The number of nitrogens with zero attached hydrogens (tertiary/aromatic N) is 2. The number of piperidine rings is 1. The summed E-state index contributed by atoms with van der Waals surface area (Å²) in [6.45, 7) is 1.10. The molecule has 1 aliphatic rings. The first kappa shape index (κ1) is 10.9. The minimum absolute atomic E-state index is 0.0914. The Kier molecular flexibility index (Phi) is 3.05. The van der Waals surface area contributed by atoms with E-state index >= 15 is 0 Å². The third-order valence-electron chi connectivity index (χ3n) is 2.72. The Morgan fingerprint density at radius 1 is 1.56 bits per heavy atom. The summed E-state index contributed by atoms with van der Waals surface area (Å²) >= 11 is 0. The molecule has 86 valence electrons. The maximum atomic E-state index is 12.0. The van der Waals surface area contributed by atoms with Gasteiger partial charge in [-0.25, -0.2) is 4.98 Å². The molecule has 16 heavy (non-hydrogen) atoms. The van der Waals surface area contributed by atoms with E-state index in [9.17, 15) is 9.90 Å². The molecular formula is C11H15N3O2. The van der Waals surface area contributed by atoms with Gasteiger partial charge in [0.15, 0.2) is 0 Å². The summed E-state index contributed by atoms with van der Waals surface area (Å²) in [6.07, 6.45) is 2.68. The van der Waals surface area contributed by atoms with Crippen LogP contribution < -0.4 is 5.73 Å². The lowest BCUT2D eigenvalue weighted by molar-refractivity contribution is 0.0473. The standard InChI is InChI=1S/C11H15N3O2/c12-10-4-3-8(6-13-10)11(16)14-5-1-2-9(15)7-14/h3-4,6,9,15H,1-2,5,7H2,(H2,12,13). The van der Waals surface area contributed by atoms with Crippen LogP contribution in [0.2, 0.25) is 0 Å². The third kappa shape index (κ3) is 2.30. The molecule has 3 N–H and O–H groups in total. The van der Waals surface area contributed by atoms with Crippen LogP contribution >= 0.6 is 0 Å². The molecule has 1 fully saturated rings. The number of hydrogen-bond acceptors (Lipinski definition) is 4. The number of aliphatic hydroxyl groups excluding tert-OH is 1. The minimum atomic E-state index is -0.403. The third-order valence-corrected chi connectivity index (χ3v) is 2.72. The van der Waals surface area contributed by atoms with E-state index in [-0.39, 0.29) is 5.91 Å². The van der Waals surface area contributed by atoms with Gasteiger partial charge >= 0.3 is 0 Å². The summed E-state index contributed by atoms with van der Waals surface area (Å²) in [5.74, 6) is 0.307. The van der Waals surface area contributed by atoms with Gasteiger partial charge < -0.3 is 15.7 Å². The van der Waals surface area contributed by atoms with Gasteiger partial charge in [-0.3, -0.25) is 4.79 Å². The number of aliphatic hydroxyl groups is 1. The Labute approximate surface area is 93.9 Å². The SMILES string of the molecule is Nc1ccc(C(=O)N2CCCC(O)C2)cn1. The van der Waals surface area contributed by atoms with Crippen LogP contribution in [0.3, 0.4) is 0 Å². The zero-order valence-corrected chi connectivity index (χ0v) is 8.97. The molecule has 0 spiro atoms. The van der Waals surface area contributed by atoms with Crippen LogP contribution in [0.15, 0.2) is 18.3 Å². The lowest BCUT2D eigenvalue weighted by atomic mass is 10.1. The minimum Gasteiger partial charge on any atom is -0.391 e. The molecule has 0 radical (unpaired) electrons. The van der Waals surface area contributed by atoms with Gasteiger partial charge in [0.2, 0.25) is 0 Å². The van der Waals surface area contributed by atoms with Gasteiger partial charge in [0.05, 0.1) is 11.7 Å². The van der Waals surface area contributed by atoms with Crippen LogP contribution in [0.5, 0.6) is 0 Å². The molecule has 0 aliphatic carbocycles. The number of carbonyl (C=O) groups excluding carboxylic acids is 1. The fourth-order valence-corrected chi connectivity index (χ4v) is 1.85. The number of amides is 1. The Morgan fingerprint density at radius 2 is 2.38 bits per heavy atom. The van der Waals surface area contributed by atoms with Crippen molar-refractivity contribution in [2.45, 2.75) is 18.9 Å². The molecule has 1 amide bonds. The molecule has 1 aromatic heterocycles. The smallest absolute Gasteiger partial charge is 0.255 e. The second kappa shape index (κ2) is 4.49. The summed E-state index contributed by atoms with van der Waals surface area (Å²) in [5.41, 5.74) is 5.97. The molecule has 0 saturated carbocycles. The molecule has 1 aromatic rings. The molecule has 1 atom stereocenters. The first-order chi connectivity index (χ1) is 7.66. The predicted molar refractivity (Wildman–Crippen MR) is 59.8 cm³/mol. The van der Waals surface area contributed by atoms with E-state index in [1.807, 2.05) is 0 Å². The molecule has 1 saturated heterocycles. The van der Waals surface area contributed by atoms with Gasteiger partial charge in [-0.2, -0.15) is 0 Å². The molecule has 2 heterocycles. The number of hydrogen-bond donors (Lipinski definition) is 2. The van der Waals surface area contributed by atoms with Crippen molar-refractivity contribution in [2.75, 3.05) is 18.8 Å². The Hall–Kier alpha value is -1.62. The first-order valence-corrected chi connectivity index (χ1v) is 5.35. The van der Waals surface area contributed by atoms with Gasteiger partial charge in [0.25, 0.3) is 5.91 Å². The van der Waals surface area contributed by atoms with E-state index in [2.05, 4.69) is 4.98 Å². The van der Waals surface area contributed by atoms with Crippen LogP contribution in [-0.4, -0.2) is 40.1 Å². The van der Waals surface area contributed by atoms with Crippen LogP contribution in [0.1, 0.15) is 23.2 Å². The lowest BCUT2D eigenvalue weighted by Crippen LogP contribution is -2.42. The van der Waals surface area contributed by atoms with Crippen molar-refractivity contribution in [3.05, 3.63) is 23.9 Å². The number of anilines is 1. The quantitative estimate of drug-likeness (QED) is 0.713. The molecule has 0 bridgehead atoms. The van der Waals surface area contributed by atoms with Crippen molar-refractivity contribution in [1.82, 2.24) is 9.88 Å². The van der Waals surface area contributed by atoms with Crippen molar-refractivity contribution in [1.29, 1.82) is 0 Å². The molecule has 0 aromatic carbocycles. The maximum absolute atomic E-state index is 12.0. The Bertz CT molecular complexity index is 377. The highest BCUT2D eigenvalue weighted by Gasteiger charge is 2.22. The van der Waals surface area contributed by atoms with E-state index in [1.54, 1.807) is 17.0 Å². The fourth-order valence-electron chi connectivity index (χ4n) is 1.85. The van der Waals surface area contributed by atoms with Crippen LogP contribution in [0, 0.1) is 0 Å². The number of carbonyl (C=O) groups is 1. The first-order valence-electron chi connectivity index (χ1n) is 5.35. The van der Waals surface area contributed by atoms with Gasteiger partial charge in [-0.15, -0.1) is 0 Å². The number of rotatable bonds is 1. The summed E-state index contributed by atoms with van der Waals surface area (Å²) < 4.78 is 0. The molecule has 2 rings (SSSR count). The van der Waals surface area contributed by atoms with Gasteiger partial charge in [-0.05, 0) is 25.0 Å². The van der Waals surface area contributed by atoms with Crippen LogP contribution in [-0.2, 0) is 0 Å². The van der Waals surface area contributed by atoms with Gasteiger partial charge in [-0.1, -0.05) is 0 Å². The average molecular weight is 221 g/mol. The normalized spacial score (nSPS) is 20.8. The number of likely N-dealkylation sites (tertiary alicyclic amines) is 1. The second-order valence-corrected chi connectivity index (χ2v) is 4.02. The van der Waals surface area contributed by atoms with Crippen molar-refractivity contribution in [3.8, 4) is 0 Å². The molecule has 5 nitrogen and oxygen atoms in total. The topological polar surface area (TPSA) is 79.5 Å². The maximum Gasteiger partial charge on any atom is 0.255 e. The predicted octanol–water partition coefficient (Wildman–Crippen LogP) is 0.261. The number of nitrogens with two attached hydrogens (primary N) is 1. The summed E-state index contributed by atoms with van der Waals surface area (Å²) in [4.78, 5) is 17.5.